The average Bonchev–Trinajstić information content (AvgIpc) is 2.83. The van der Waals surface area contributed by atoms with Gasteiger partial charge < -0.3 is 25.1 Å². The Morgan fingerprint density at radius 2 is 1.82 bits per heavy atom. The molecule has 3 N–H and O–H groups in total. The van der Waals surface area contributed by atoms with E-state index in [0.29, 0.717) is 40.7 Å². The van der Waals surface area contributed by atoms with Gasteiger partial charge in [0.05, 0.1) is 7.11 Å². The quantitative estimate of drug-likeness (QED) is 0.276. The number of carbonyl (C=O) groups is 1. The minimum absolute atomic E-state index is 0.0734. The molecule has 0 saturated heterocycles. The maximum atomic E-state index is 12.4. The number of fused-ring (bicyclic) bond motifs is 1. The summed E-state index contributed by atoms with van der Waals surface area (Å²) in [5, 5.41) is 17.6. The number of rotatable bonds is 8. The first-order chi connectivity index (χ1) is 16.0. The maximum absolute atomic E-state index is 12.4. The molecule has 10 nitrogen and oxygen atoms in total. The monoisotopic (exact) mass is 446 g/mol. The lowest BCUT2D eigenvalue weighted by Gasteiger charge is -2.09. The molecule has 0 aliphatic heterocycles. The number of methoxy groups -OCH3 is 1. The zero-order valence-electron chi connectivity index (χ0n) is 18.1. The van der Waals surface area contributed by atoms with Crippen molar-refractivity contribution in [3.63, 3.8) is 0 Å². The Labute approximate surface area is 189 Å². The van der Waals surface area contributed by atoms with Gasteiger partial charge in [-0.25, -0.2) is 9.78 Å². The Kier molecular flexibility index (Phi) is 6.44. The molecule has 3 aromatic heterocycles. The minimum atomic E-state index is -0.727. The van der Waals surface area contributed by atoms with Crippen LogP contribution in [0.4, 0.5) is 17.5 Å². The van der Waals surface area contributed by atoms with Crippen LogP contribution in [0.3, 0.4) is 0 Å². The molecule has 0 fully saturated rings. The van der Waals surface area contributed by atoms with Crippen LogP contribution in [-0.2, 0) is 0 Å². The van der Waals surface area contributed by atoms with E-state index >= 15 is 0 Å². The number of nitrogens with one attached hydrogen (secondary N) is 3. The van der Waals surface area contributed by atoms with E-state index in [1.54, 1.807) is 36.5 Å². The van der Waals surface area contributed by atoms with Crippen LogP contribution in [0.1, 0.15) is 15.9 Å². The summed E-state index contributed by atoms with van der Waals surface area (Å²) in [5.41, 5.74) is 0.572. The highest BCUT2D eigenvalue weighted by atomic mass is 16.5. The molecule has 33 heavy (non-hydrogen) atoms. The van der Waals surface area contributed by atoms with Crippen molar-refractivity contribution < 1.29 is 13.9 Å². The molecule has 0 radical (unpaired) electrons. The number of aryl methyl sites for hydroxylation is 1. The van der Waals surface area contributed by atoms with Crippen LogP contribution in [0.15, 0.2) is 63.9 Å². The van der Waals surface area contributed by atoms with E-state index in [2.05, 4.69) is 31.1 Å². The van der Waals surface area contributed by atoms with E-state index in [4.69, 9.17) is 9.15 Å². The summed E-state index contributed by atoms with van der Waals surface area (Å²) < 4.78 is 10.5. The lowest BCUT2D eigenvalue weighted by molar-refractivity contribution is 0.0951. The third-order valence-corrected chi connectivity index (χ3v) is 4.74. The normalized spacial score (nSPS) is 10.6. The summed E-state index contributed by atoms with van der Waals surface area (Å²) in [6, 6.07) is 14.0. The number of benzene rings is 1. The van der Waals surface area contributed by atoms with Crippen molar-refractivity contribution in [3.05, 3.63) is 76.3 Å². The molecule has 0 spiro atoms. The van der Waals surface area contributed by atoms with Crippen LogP contribution in [0.2, 0.25) is 0 Å². The number of anilines is 3. The first kappa shape index (κ1) is 21.8. The predicted molar refractivity (Wildman–Crippen MR) is 124 cm³/mol. The molecule has 0 bridgehead atoms. The number of hydrogen-bond donors (Lipinski definition) is 3. The maximum Gasteiger partial charge on any atom is 0.349 e. The molecule has 4 rings (SSSR count). The first-order valence-corrected chi connectivity index (χ1v) is 10.2. The molecule has 0 aliphatic rings. The number of amides is 1. The molecular weight excluding hydrogens is 424 g/mol. The molecular formula is C23H22N6O4. The Bertz CT molecular complexity index is 1320. The van der Waals surface area contributed by atoms with E-state index in [0.717, 1.165) is 5.56 Å². The molecule has 4 aromatic rings. The number of ether oxygens (including phenoxy) is 1. The highest BCUT2D eigenvalue weighted by Crippen LogP contribution is 2.24. The Balaban J connectivity index is 1.30. The van der Waals surface area contributed by atoms with Crippen LogP contribution < -0.4 is 26.3 Å². The molecule has 1 aromatic carbocycles. The zero-order valence-corrected chi connectivity index (χ0v) is 18.1. The van der Waals surface area contributed by atoms with Crippen molar-refractivity contribution in [3.8, 4) is 5.75 Å². The third-order valence-electron chi connectivity index (χ3n) is 4.74. The fraction of sp³-hybridized carbons (Fsp3) is 0.174. The van der Waals surface area contributed by atoms with E-state index < -0.39 is 11.5 Å². The predicted octanol–water partition coefficient (Wildman–Crippen LogP) is 2.88. The second-order valence-corrected chi connectivity index (χ2v) is 7.16. The number of para-hydroxylation sites is 1. The highest BCUT2D eigenvalue weighted by molar-refractivity contribution is 5.97. The van der Waals surface area contributed by atoms with Crippen molar-refractivity contribution in [1.82, 2.24) is 20.5 Å². The van der Waals surface area contributed by atoms with Gasteiger partial charge in [0.15, 0.2) is 17.2 Å². The van der Waals surface area contributed by atoms with E-state index in [1.165, 1.54) is 13.2 Å². The van der Waals surface area contributed by atoms with E-state index in [9.17, 15) is 9.59 Å². The molecule has 0 saturated carbocycles. The van der Waals surface area contributed by atoms with Crippen molar-refractivity contribution in [1.29, 1.82) is 0 Å². The molecule has 0 atom stereocenters. The molecule has 0 unspecified atom stereocenters. The number of pyridine rings is 1. The third kappa shape index (κ3) is 5.24. The van der Waals surface area contributed by atoms with E-state index in [1.807, 2.05) is 19.1 Å². The van der Waals surface area contributed by atoms with Gasteiger partial charge in [-0.05, 0) is 42.8 Å². The van der Waals surface area contributed by atoms with Crippen molar-refractivity contribution in [2.45, 2.75) is 6.92 Å². The van der Waals surface area contributed by atoms with Crippen molar-refractivity contribution in [2.75, 3.05) is 30.8 Å². The van der Waals surface area contributed by atoms with Gasteiger partial charge in [0.2, 0.25) is 0 Å². The summed E-state index contributed by atoms with van der Waals surface area (Å²) in [6.07, 6.45) is 1.76. The largest absolute Gasteiger partial charge is 0.493 e. The van der Waals surface area contributed by atoms with Gasteiger partial charge in [0, 0.05) is 24.7 Å². The number of carbonyl (C=O) groups excluding carboxylic acids is 1. The van der Waals surface area contributed by atoms with E-state index in [-0.39, 0.29) is 12.1 Å². The lowest BCUT2D eigenvalue weighted by atomic mass is 10.1. The second-order valence-electron chi connectivity index (χ2n) is 7.16. The fourth-order valence-corrected chi connectivity index (χ4v) is 3.06. The van der Waals surface area contributed by atoms with Gasteiger partial charge >= 0.3 is 5.63 Å². The van der Waals surface area contributed by atoms with Gasteiger partial charge in [0.1, 0.15) is 17.2 Å². The van der Waals surface area contributed by atoms with Crippen molar-refractivity contribution in [2.24, 2.45) is 0 Å². The SMILES string of the molecule is COc1cccc2cc(C(=O)NCCNc3ccc(Nc4ccc(C)cn4)nn3)c(=O)oc12. The summed E-state index contributed by atoms with van der Waals surface area (Å²) in [6.45, 7) is 2.62. The van der Waals surface area contributed by atoms with Crippen LogP contribution in [0.25, 0.3) is 11.0 Å². The Morgan fingerprint density at radius 3 is 2.55 bits per heavy atom. The standard InChI is InChI=1S/C23H22N6O4/c1-14-6-7-18(26-13-14)27-20-9-8-19(28-29-20)24-10-11-25-22(30)16-12-15-4-3-5-17(32-2)21(15)33-23(16)31/h3-9,12-13H,10-11H2,1-2H3,(H,24,28)(H,25,30)(H,26,27,29). The second kappa shape index (κ2) is 9.77. The van der Waals surface area contributed by atoms with Gasteiger partial charge in [-0.2, -0.15) is 0 Å². The smallest absolute Gasteiger partial charge is 0.349 e. The van der Waals surface area contributed by atoms with Gasteiger partial charge in [-0.1, -0.05) is 18.2 Å². The zero-order chi connectivity index (χ0) is 23.2. The van der Waals surface area contributed by atoms with Gasteiger partial charge in [-0.15, -0.1) is 10.2 Å². The molecule has 1 amide bonds. The van der Waals surface area contributed by atoms with Crippen molar-refractivity contribution >= 4 is 34.3 Å². The fourth-order valence-electron chi connectivity index (χ4n) is 3.06. The Morgan fingerprint density at radius 1 is 1.03 bits per heavy atom. The summed E-state index contributed by atoms with van der Waals surface area (Å²) in [7, 11) is 1.48. The summed E-state index contributed by atoms with van der Waals surface area (Å²) in [5.74, 6) is 1.69. The summed E-state index contributed by atoms with van der Waals surface area (Å²) in [4.78, 5) is 29.0. The van der Waals surface area contributed by atoms with Crippen LogP contribution in [0.5, 0.6) is 5.75 Å². The summed E-state index contributed by atoms with van der Waals surface area (Å²) >= 11 is 0. The van der Waals surface area contributed by atoms with Crippen LogP contribution in [0, 0.1) is 6.92 Å². The topological polar surface area (TPSA) is 131 Å². The van der Waals surface area contributed by atoms with Gasteiger partial charge in [0.25, 0.3) is 5.91 Å². The average molecular weight is 446 g/mol. The molecule has 10 heteroatoms. The highest BCUT2D eigenvalue weighted by Gasteiger charge is 2.15. The number of hydrogen-bond acceptors (Lipinski definition) is 9. The minimum Gasteiger partial charge on any atom is -0.493 e. The van der Waals surface area contributed by atoms with Gasteiger partial charge in [-0.3, -0.25) is 4.79 Å². The molecule has 0 aliphatic carbocycles. The molecule has 168 valence electrons. The Hall–Kier alpha value is -4.47. The number of aromatic nitrogens is 3. The van der Waals surface area contributed by atoms with Crippen LogP contribution >= 0.6 is 0 Å². The van der Waals surface area contributed by atoms with Crippen LogP contribution in [-0.4, -0.2) is 41.3 Å². The molecule has 3 heterocycles. The number of nitrogens with zero attached hydrogens (tertiary/aromatic N) is 3. The lowest BCUT2D eigenvalue weighted by Crippen LogP contribution is -2.32. The first-order valence-electron chi connectivity index (χ1n) is 10.2.